The van der Waals surface area contributed by atoms with Crippen molar-refractivity contribution in [3.05, 3.63) is 34.3 Å². The number of benzene rings is 1. The molecule has 0 amide bonds. The molecule has 0 radical (unpaired) electrons. The Morgan fingerprint density at radius 2 is 2.27 bits per heavy atom. The average Bonchev–Trinajstić information content (AvgIpc) is 2.19. The van der Waals surface area contributed by atoms with Gasteiger partial charge in [0.25, 0.3) is 0 Å². The molecule has 2 unspecified atom stereocenters. The lowest BCUT2D eigenvalue weighted by Crippen LogP contribution is -2.25. The molecule has 2 nitrogen and oxygen atoms in total. The summed E-state index contributed by atoms with van der Waals surface area (Å²) in [6.07, 6.45) is 1.46. The van der Waals surface area contributed by atoms with E-state index < -0.39 is 5.97 Å². The Morgan fingerprint density at radius 1 is 1.53 bits per heavy atom. The first-order chi connectivity index (χ1) is 7.11. The molecule has 1 aromatic carbocycles. The first-order valence-electron chi connectivity index (χ1n) is 5.11. The van der Waals surface area contributed by atoms with Gasteiger partial charge in [0.2, 0.25) is 0 Å². The van der Waals surface area contributed by atoms with E-state index in [-0.39, 0.29) is 11.8 Å². The highest BCUT2D eigenvalue weighted by atomic mass is 35.5. The molecule has 1 aliphatic rings. The van der Waals surface area contributed by atoms with Crippen LogP contribution in [0.3, 0.4) is 0 Å². The summed E-state index contributed by atoms with van der Waals surface area (Å²) in [4.78, 5) is 11.0. The van der Waals surface area contributed by atoms with E-state index in [0.717, 1.165) is 22.6 Å². The lowest BCUT2D eigenvalue weighted by molar-refractivity contribution is -0.142. The third kappa shape index (κ3) is 1.74. The van der Waals surface area contributed by atoms with Crippen LogP contribution in [0.4, 0.5) is 0 Å². The lowest BCUT2D eigenvalue weighted by Gasteiger charge is -2.28. The van der Waals surface area contributed by atoms with E-state index in [9.17, 15) is 4.79 Å². The van der Waals surface area contributed by atoms with E-state index >= 15 is 0 Å². The van der Waals surface area contributed by atoms with Crippen LogP contribution in [0.2, 0.25) is 5.02 Å². The minimum atomic E-state index is -0.701. The molecular formula is C12H13ClO2. The molecule has 2 rings (SSSR count). The van der Waals surface area contributed by atoms with Crippen LogP contribution < -0.4 is 0 Å². The van der Waals surface area contributed by atoms with Gasteiger partial charge in [0.15, 0.2) is 0 Å². The molecule has 2 atom stereocenters. The summed E-state index contributed by atoms with van der Waals surface area (Å²) < 4.78 is 0. The minimum absolute atomic E-state index is 0.0601. The van der Waals surface area contributed by atoms with Gasteiger partial charge in [-0.3, -0.25) is 4.79 Å². The Hall–Kier alpha value is -1.02. The number of aliphatic carboxylic acids is 1. The highest BCUT2D eigenvalue weighted by Gasteiger charge is 2.31. The van der Waals surface area contributed by atoms with Gasteiger partial charge in [-0.15, -0.1) is 0 Å². The van der Waals surface area contributed by atoms with Crippen molar-refractivity contribution in [1.29, 1.82) is 0 Å². The summed E-state index contributed by atoms with van der Waals surface area (Å²) in [6.45, 7) is 1.97. The predicted molar refractivity (Wildman–Crippen MR) is 59.3 cm³/mol. The summed E-state index contributed by atoms with van der Waals surface area (Å²) in [6, 6.07) is 5.75. The maximum absolute atomic E-state index is 11.0. The number of carbonyl (C=O) groups is 1. The van der Waals surface area contributed by atoms with Gasteiger partial charge < -0.3 is 5.11 Å². The third-order valence-corrected chi connectivity index (χ3v) is 3.63. The van der Waals surface area contributed by atoms with Gasteiger partial charge in [-0.05, 0) is 36.0 Å². The number of hydrogen-bond donors (Lipinski definition) is 1. The highest BCUT2D eigenvalue weighted by molar-refractivity contribution is 6.31. The van der Waals surface area contributed by atoms with Gasteiger partial charge >= 0.3 is 5.97 Å². The first kappa shape index (κ1) is 10.5. The molecular weight excluding hydrogens is 212 g/mol. The van der Waals surface area contributed by atoms with Gasteiger partial charge in [0.1, 0.15) is 0 Å². The van der Waals surface area contributed by atoms with E-state index in [1.54, 1.807) is 0 Å². The number of halogens is 1. The van der Waals surface area contributed by atoms with Gasteiger partial charge in [0.05, 0.1) is 5.92 Å². The summed E-state index contributed by atoms with van der Waals surface area (Å²) in [5.74, 6) is -0.908. The molecule has 0 saturated heterocycles. The maximum atomic E-state index is 11.0. The Balaban J connectivity index is 2.42. The molecule has 0 bridgehead atoms. The van der Waals surface area contributed by atoms with Crippen molar-refractivity contribution in [2.75, 3.05) is 0 Å². The number of fused-ring (bicyclic) bond motifs is 1. The zero-order valence-electron chi connectivity index (χ0n) is 8.53. The third-order valence-electron chi connectivity index (χ3n) is 3.27. The molecule has 80 valence electrons. The van der Waals surface area contributed by atoms with Crippen LogP contribution in [0.5, 0.6) is 0 Å². The zero-order valence-corrected chi connectivity index (χ0v) is 9.29. The molecule has 0 fully saturated rings. The molecule has 0 aromatic heterocycles. The van der Waals surface area contributed by atoms with Crippen LogP contribution in [0.15, 0.2) is 18.2 Å². The summed E-state index contributed by atoms with van der Waals surface area (Å²) in [5.41, 5.74) is 2.23. The van der Waals surface area contributed by atoms with Crippen LogP contribution in [0, 0.1) is 5.92 Å². The van der Waals surface area contributed by atoms with Crippen molar-refractivity contribution in [3.8, 4) is 0 Å². The summed E-state index contributed by atoms with van der Waals surface area (Å²) >= 11 is 6.09. The fraction of sp³-hybridized carbons (Fsp3) is 0.417. The van der Waals surface area contributed by atoms with E-state index in [1.165, 1.54) is 0 Å². The lowest BCUT2D eigenvalue weighted by atomic mass is 9.76. The van der Waals surface area contributed by atoms with Crippen molar-refractivity contribution >= 4 is 17.6 Å². The van der Waals surface area contributed by atoms with Crippen LogP contribution in [0.25, 0.3) is 0 Å². The Labute approximate surface area is 93.9 Å². The molecule has 1 N–H and O–H groups in total. The Kier molecular flexibility index (Phi) is 2.70. The van der Waals surface area contributed by atoms with E-state index in [4.69, 9.17) is 16.7 Å². The quantitative estimate of drug-likeness (QED) is 0.796. The van der Waals surface area contributed by atoms with Crippen LogP contribution >= 0.6 is 11.6 Å². The largest absolute Gasteiger partial charge is 0.481 e. The standard InChI is InChI=1S/C12H13ClO2/c1-7-8-3-2-4-11(13)10(8)6-5-9(7)12(14)15/h2-4,7,9H,5-6H2,1H3,(H,14,15). The molecule has 3 heteroatoms. The number of rotatable bonds is 1. The van der Waals surface area contributed by atoms with Crippen molar-refractivity contribution in [3.63, 3.8) is 0 Å². The topological polar surface area (TPSA) is 37.3 Å². The van der Waals surface area contributed by atoms with Crippen molar-refractivity contribution in [2.45, 2.75) is 25.7 Å². The van der Waals surface area contributed by atoms with Crippen molar-refractivity contribution < 1.29 is 9.90 Å². The first-order valence-corrected chi connectivity index (χ1v) is 5.49. The van der Waals surface area contributed by atoms with Crippen molar-refractivity contribution in [1.82, 2.24) is 0 Å². The minimum Gasteiger partial charge on any atom is -0.481 e. The monoisotopic (exact) mass is 224 g/mol. The SMILES string of the molecule is CC1c2cccc(Cl)c2CCC1C(=O)O. The van der Waals surface area contributed by atoms with Gasteiger partial charge in [-0.2, -0.15) is 0 Å². The van der Waals surface area contributed by atoms with E-state index in [0.29, 0.717) is 6.42 Å². The van der Waals surface area contributed by atoms with E-state index in [1.807, 2.05) is 25.1 Å². The smallest absolute Gasteiger partial charge is 0.307 e. The van der Waals surface area contributed by atoms with E-state index in [2.05, 4.69) is 0 Å². The van der Waals surface area contributed by atoms with Gasteiger partial charge in [0, 0.05) is 5.02 Å². The number of hydrogen-bond acceptors (Lipinski definition) is 1. The normalized spacial score (nSPS) is 24.7. The van der Waals surface area contributed by atoms with Crippen LogP contribution in [-0.4, -0.2) is 11.1 Å². The molecule has 1 aromatic rings. The fourth-order valence-corrected chi connectivity index (χ4v) is 2.65. The second-order valence-electron chi connectivity index (χ2n) is 4.08. The molecule has 0 spiro atoms. The Morgan fingerprint density at radius 3 is 2.93 bits per heavy atom. The second kappa shape index (κ2) is 3.86. The van der Waals surface area contributed by atoms with Crippen LogP contribution in [0.1, 0.15) is 30.4 Å². The summed E-state index contributed by atoms with van der Waals surface area (Å²) in [7, 11) is 0. The average molecular weight is 225 g/mol. The zero-order chi connectivity index (χ0) is 11.0. The molecule has 15 heavy (non-hydrogen) atoms. The molecule has 0 aliphatic heterocycles. The number of carboxylic acids is 1. The molecule has 1 aliphatic carbocycles. The number of carboxylic acid groups (broad SMARTS) is 1. The van der Waals surface area contributed by atoms with Crippen molar-refractivity contribution in [2.24, 2.45) is 5.92 Å². The Bertz CT molecular complexity index is 401. The van der Waals surface area contributed by atoms with Crippen LogP contribution in [-0.2, 0) is 11.2 Å². The molecule has 0 saturated carbocycles. The second-order valence-corrected chi connectivity index (χ2v) is 4.49. The highest BCUT2D eigenvalue weighted by Crippen LogP contribution is 2.38. The maximum Gasteiger partial charge on any atom is 0.307 e. The summed E-state index contributed by atoms with van der Waals surface area (Å²) in [5, 5.41) is 9.84. The van der Waals surface area contributed by atoms with Gasteiger partial charge in [-0.1, -0.05) is 30.7 Å². The molecule has 0 heterocycles. The van der Waals surface area contributed by atoms with Gasteiger partial charge in [-0.25, -0.2) is 0 Å². The predicted octanol–water partition coefficient (Wildman–Crippen LogP) is 3.09. The fourth-order valence-electron chi connectivity index (χ4n) is 2.37.